The summed E-state index contributed by atoms with van der Waals surface area (Å²) in [5, 5.41) is 3.66. The van der Waals surface area contributed by atoms with E-state index >= 15 is 0 Å². The number of aromatic amines is 1. The molecule has 2 rings (SSSR count). The van der Waals surface area contributed by atoms with Gasteiger partial charge < -0.3 is 15.0 Å². The highest BCUT2D eigenvalue weighted by molar-refractivity contribution is 5.86. The second-order valence-electron chi connectivity index (χ2n) is 4.61. The number of hydrogen-bond donors (Lipinski definition) is 2. The fourth-order valence-electron chi connectivity index (χ4n) is 2.07. The fourth-order valence-corrected chi connectivity index (χ4v) is 2.07. The van der Waals surface area contributed by atoms with Gasteiger partial charge in [0.1, 0.15) is 0 Å². The van der Waals surface area contributed by atoms with Gasteiger partial charge in [-0.1, -0.05) is 18.2 Å². The molecular weight excluding hydrogens is 256 g/mol. The first-order valence-corrected chi connectivity index (χ1v) is 6.60. The number of para-hydroxylation sites is 1. The van der Waals surface area contributed by atoms with E-state index in [-0.39, 0.29) is 12.4 Å². The van der Waals surface area contributed by atoms with Crippen LogP contribution in [-0.4, -0.2) is 29.5 Å². The molecule has 0 bridgehead atoms. The summed E-state index contributed by atoms with van der Waals surface area (Å²) in [5.74, 6) is -0.100. The number of ether oxygens (including phenoxy) is 1. The first-order chi connectivity index (χ1) is 9.60. The number of alkyl carbamates (subject to hydrolysis) is 1. The lowest BCUT2D eigenvalue weighted by molar-refractivity contribution is -0.118. The van der Waals surface area contributed by atoms with E-state index in [4.69, 9.17) is 4.74 Å². The molecule has 5 nitrogen and oxygen atoms in total. The summed E-state index contributed by atoms with van der Waals surface area (Å²) in [6.07, 6.45) is -0.146. The van der Waals surface area contributed by atoms with Crippen LogP contribution in [0.15, 0.2) is 30.3 Å². The van der Waals surface area contributed by atoms with Crippen molar-refractivity contribution in [2.45, 2.75) is 26.3 Å². The Balaban J connectivity index is 2.11. The van der Waals surface area contributed by atoms with Gasteiger partial charge in [-0.05, 0) is 31.4 Å². The Hall–Kier alpha value is -2.30. The van der Waals surface area contributed by atoms with Crippen LogP contribution in [0.2, 0.25) is 0 Å². The number of carbonyl (C=O) groups is 2. The zero-order chi connectivity index (χ0) is 14.5. The molecule has 1 unspecified atom stereocenters. The van der Waals surface area contributed by atoms with Crippen LogP contribution in [0.5, 0.6) is 0 Å². The Morgan fingerprint density at radius 2 is 2.10 bits per heavy atom. The Kier molecular flexibility index (Phi) is 4.40. The van der Waals surface area contributed by atoms with Crippen LogP contribution in [0.25, 0.3) is 10.9 Å². The zero-order valence-electron chi connectivity index (χ0n) is 11.6. The number of rotatable bonds is 5. The largest absolute Gasteiger partial charge is 0.450 e. The van der Waals surface area contributed by atoms with Gasteiger partial charge in [0.05, 0.1) is 12.6 Å². The maximum atomic E-state index is 11.6. The molecule has 0 fully saturated rings. The summed E-state index contributed by atoms with van der Waals surface area (Å²) in [5.41, 5.74) is 1.92. The van der Waals surface area contributed by atoms with E-state index in [1.165, 1.54) is 6.92 Å². The zero-order valence-corrected chi connectivity index (χ0v) is 11.6. The number of hydrogen-bond acceptors (Lipinski definition) is 3. The SMILES string of the molecule is CCOC(=O)NC(Cc1cc2ccccc2[nH]1)C(C)=O. The Labute approximate surface area is 117 Å². The minimum Gasteiger partial charge on any atom is -0.450 e. The average molecular weight is 274 g/mol. The number of nitrogens with one attached hydrogen (secondary N) is 2. The number of aromatic nitrogens is 1. The molecule has 1 heterocycles. The molecule has 0 aliphatic rings. The molecule has 0 saturated carbocycles. The summed E-state index contributed by atoms with van der Waals surface area (Å²) in [7, 11) is 0. The second kappa shape index (κ2) is 6.23. The number of Topliss-reactive ketones (excluding diaryl/α,β-unsaturated/α-hetero) is 1. The molecule has 1 aromatic heterocycles. The van der Waals surface area contributed by atoms with Crippen molar-refractivity contribution in [3.05, 3.63) is 36.0 Å². The third-order valence-electron chi connectivity index (χ3n) is 3.07. The van der Waals surface area contributed by atoms with E-state index in [1.54, 1.807) is 6.92 Å². The predicted octanol–water partition coefficient (Wildman–Crippen LogP) is 2.41. The van der Waals surface area contributed by atoms with Crippen LogP contribution < -0.4 is 5.32 Å². The van der Waals surface area contributed by atoms with Gasteiger partial charge in [0.2, 0.25) is 0 Å². The molecular formula is C15H18N2O3. The molecule has 0 aliphatic heterocycles. The Morgan fingerprint density at radius 1 is 1.35 bits per heavy atom. The molecule has 1 amide bonds. The minimum atomic E-state index is -0.581. The van der Waals surface area contributed by atoms with Crippen molar-refractivity contribution < 1.29 is 14.3 Å². The van der Waals surface area contributed by atoms with E-state index < -0.39 is 12.1 Å². The third kappa shape index (κ3) is 3.38. The monoisotopic (exact) mass is 274 g/mol. The molecule has 0 saturated heterocycles. The smallest absolute Gasteiger partial charge is 0.407 e. The molecule has 0 spiro atoms. The van der Waals surface area contributed by atoms with E-state index in [0.717, 1.165) is 16.6 Å². The first-order valence-electron chi connectivity index (χ1n) is 6.60. The van der Waals surface area contributed by atoms with Gasteiger partial charge in [-0.15, -0.1) is 0 Å². The van der Waals surface area contributed by atoms with Crippen LogP contribution in [-0.2, 0) is 16.0 Å². The van der Waals surface area contributed by atoms with Gasteiger partial charge >= 0.3 is 6.09 Å². The molecule has 5 heteroatoms. The van der Waals surface area contributed by atoms with Gasteiger partial charge in [-0.2, -0.15) is 0 Å². The van der Waals surface area contributed by atoms with Crippen molar-refractivity contribution in [3.8, 4) is 0 Å². The summed E-state index contributed by atoms with van der Waals surface area (Å²) in [6.45, 7) is 3.46. The van der Waals surface area contributed by atoms with Crippen molar-refractivity contribution in [2.24, 2.45) is 0 Å². The van der Waals surface area contributed by atoms with Gasteiger partial charge in [0.25, 0.3) is 0 Å². The van der Waals surface area contributed by atoms with Crippen LogP contribution in [0.3, 0.4) is 0 Å². The highest BCUT2D eigenvalue weighted by atomic mass is 16.5. The Morgan fingerprint density at radius 3 is 2.75 bits per heavy atom. The number of carbonyl (C=O) groups excluding carboxylic acids is 2. The lowest BCUT2D eigenvalue weighted by Gasteiger charge is -2.14. The normalized spacial score (nSPS) is 12.1. The lowest BCUT2D eigenvalue weighted by Crippen LogP contribution is -2.41. The van der Waals surface area contributed by atoms with Crippen LogP contribution in [0, 0.1) is 0 Å². The van der Waals surface area contributed by atoms with Gasteiger partial charge in [0.15, 0.2) is 5.78 Å². The molecule has 2 aromatic rings. The average Bonchev–Trinajstić information content (AvgIpc) is 2.80. The van der Waals surface area contributed by atoms with E-state index in [0.29, 0.717) is 6.42 Å². The number of H-pyrrole nitrogens is 1. The summed E-state index contributed by atoms with van der Waals surface area (Å²) >= 11 is 0. The van der Waals surface area contributed by atoms with Crippen molar-refractivity contribution >= 4 is 22.8 Å². The molecule has 0 aliphatic carbocycles. The van der Waals surface area contributed by atoms with Gasteiger partial charge in [-0.3, -0.25) is 4.79 Å². The van der Waals surface area contributed by atoms with Gasteiger partial charge in [-0.25, -0.2) is 4.79 Å². The van der Waals surface area contributed by atoms with Crippen LogP contribution >= 0.6 is 0 Å². The molecule has 20 heavy (non-hydrogen) atoms. The quantitative estimate of drug-likeness (QED) is 0.879. The third-order valence-corrected chi connectivity index (χ3v) is 3.07. The van der Waals surface area contributed by atoms with E-state index in [2.05, 4.69) is 10.3 Å². The highest BCUT2D eigenvalue weighted by Crippen LogP contribution is 2.16. The van der Waals surface area contributed by atoms with E-state index in [9.17, 15) is 9.59 Å². The van der Waals surface area contributed by atoms with Gasteiger partial charge in [0, 0.05) is 17.6 Å². The second-order valence-corrected chi connectivity index (χ2v) is 4.61. The fraction of sp³-hybridized carbons (Fsp3) is 0.333. The van der Waals surface area contributed by atoms with Crippen LogP contribution in [0.1, 0.15) is 19.5 Å². The summed E-state index contributed by atoms with van der Waals surface area (Å²) in [6, 6.07) is 9.28. The van der Waals surface area contributed by atoms with Crippen molar-refractivity contribution in [2.75, 3.05) is 6.61 Å². The molecule has 0 radical (unpaired) electrons. The predicted molar refractivity (Wildman–Crippen MR) is 76.6 cm³/mol. The van der Waals surface area contributed by atoms with Crippen LogP contribution in [0.4, 0.5) is 4.79 Å². The topological polar surface area (TPSA) is 71.2 Å². The number of amides is 1. The van der Waals surface area contributed by atoms with Crippen molar-refractivity contribution in [3.63, 3.8) is 0 Å². The first kappa shape index (κ1) is 14.1. The summed E-state index contributed by atoms with van der Waals surface area (Å²) < 4.78 is 4.81. The summed E-state index contributed by atoms with van der Waals surface area (Å²) in [4.78, 5) is 26.3. The molecule has 1 atom stereocenters. The minimum absolute atomic E-state index is 0.100. The van der Waals surface area contributed by atoms with Crippen molar-refractivity contribution in [1.29, 1.82) is 0 Å². The number of benzene rings is 1. The number of ketones is 1. The maximum absolute atomic E-state index is 11.6. The number of fused-ring (bicyclic) bond motifs is 1. The molecule has 1 aromatic carbocycles. The Bertz CT molecular complexity index is 585. The van der Waals surface area contributed by atoms with E-state index in [1.807, 2.05) is 30.3 Å². The molecule has 106 valence electrons. The van der Waals surface area contributed by atoms with Crippen molar-refractivity contribution in [1.82, 2.24) is 10.3 Å². The lowest BCUT2D eigenvalue weighted by atomic mass is 10.1. The molecule has 2 N–H and O–H groups in total. The standard InChI is InChI=1S/C15H18N2O3/c1-3-20-15(19)17-14(10(2)18)9-12-8-11-6-4-5-7-13(11)16-12/h4-8,14,16H,3,9H2,1-2H3,(H,17,19). The highest BCUT2D eigenvalue weighted by Gasteiger charge is 2.19. The maximum Gasteiger partial charge on any atom is 0.407 e.